The van der Waals surface area contributed by atoms with Crippen molar-refractivity contribution in [2.24, 2.45) is 23.7 Å². The van der Waals surface area contributed by atoms with Gasteiger partial charge in [-0.15, -0.1) is 0 Å². The predicted octanol–water partition coefficient (Wildman–Crippen LogP) is 4.00. The van der Waals surface area contributed by atoms with Crippen LogP contribution in [0.4, 0.5) is 0 Å². The second kappa shape index (κ2) is 5.64. The molecule has 2 bridgehead atoms. The molecule has 1 aromatic rings. The van der Waals surface area contributed by atoms with Crippen molar-refractivity contribution in [1.29, 1.82) is 0 Å². The maximum atomic E-state index is 5.32. The molecule has 3 saturated carbocycles. The molecular weight excluding hydrogens is 258 g/mol. The minimum Gasteiger partial charge on any atom is -0.497 e. The van der Waals surface area contributed by atoms with Gasteiger partial charge in [0.1, 0.15) is 5.75 Å². The van der Waals surface area contributed by atoms with Crippen LogP contribution in [0.1, 0.15) is 44.1 Å². The minimum absolute atomic E-state index is 0.764. The Labute approximate surface area is 128 Å². The van der Waals surface area contributed by atoms with E-state index < -0.39 is 0 Å². The number of methoxy groups -OCH3 is 1. The zero-order valence-corrected chi connectivity index (χ0v) is 13.1. The van der Waals surface area contributed by atoms with Crippen molar-refractivity contribution in [3.8, 4) is 5.75 Å². The fraction of sp³-hybridized carbons (Fsp3) is 0.684. The Morgan fingerprint density at radius 2 is 1.95 bits per heavy atom. The molecule has 2 nitrogen and oxygen atoms in total. The molecule has 1 aromatic carbocycles. The van der Waals surface area contributed by atoms with Gasteiger partial charge in [0.2, 0.25) is 0 Å². The summed E-state index contributed by atoms with van der Waals surface area (Å²) in [6, 6.07) is 9.23. The van der Waals surface area contributed by atoms with Gasteiger partial charge in [-0.2, -0.15) is 0 Å². The van der Waals surface area contributed by atoms with Crippen molar-refractivity contribution in [2.75, 3.05) is 7.11 Å². The Bertz CT molecular complexity index is 500. The van der Waals surface area contributed by atoms with Gasteiger partial charge in [-0.25, -0.2) is 0 Å². The smallest absolute Gasteiger partial charge is 0.119 e. The molecule has 0 radical (unpaired) electrons. The topological polar surface area (TPSA) is 21.3 Å². The highest BCUT2D eigenvalue weighted by Gasteiger charge is 2.52. The van der Waals surface area contributed by atoms with Crippen molar-refractivity contribution in [3.05, 3.63) is 29.8 Å². The quantitative estimate of drug-likeness (QED) is 0.903. The lowest BCUT2D eigenvalue weighted by atomic mass is 9.69. The number of fused-ring (bicyclic) bond motifs is 5. The fourth-order valence-corrected chi connectivity index (χ4v) is 5.50. The predicted molar refractivity (Wildman–Crippen MR) is 85.3 cm³/mol. The first-order chi connectivity index (χ1) is 10.3. The lowest BCUT2D eigenvalue weighted by Crippen LogP contribution is -2.41. The second-order valence-corrected chi connectivity index (χ2v) is 7.35. The molecule has 0 spiro atoms. The number of hydrogen-bond donors (Lipinski definition) is 1. The summed E-state index contributed by atoms with van der Waals surface area (Å²) < 4.78 is 5.32. The highest BCUT2D eigenvalue weighted by atomic mass is 16.5. The first-order valence-corrected chi connectivity index (χ1v) is 8.71. The van der Waals surface area contributed by atoms with E-state index in [2.05, 4.69) is 23.5 Å². The lowest BCUT2D eigenvalue weighted by Gasteiger charge is -2.39. The van der Waals surface area contributed by atoms with Crippen LogP contribution >= 0.6 is 0 Å². The van der Waals surface area contributed by atoms with Gasteiger partial charge in [-0.05, 0) is 67.1 Å². The summed E-state index contributed by atoms with van der Waals surface area (Å²) in [6.45, 7) is 0.989. The van der Waals surface area contributed by atoms with Crippen LogP contribution in [0.5, 0.6) is 5.75 Å². The van der Waals surface area contributed by atoms with Gasteiger partial charge in [0.05, 0.1) is 7.11 Å². The molecular formula is C19H27NO. The van der Waals surface area contributed by atoms with Crippen molar-refractivity contribution < 1.29 is 4.74 Å². The highest BCUT2D eigenvalue weighted by molar-refractivity contribution is 5.28. The molecule has 2 heteroatoms. The molecule has 0 unspecified atom stereocenters. The summed E-state index contributed by atoms with van der Waals surface area (Å²) >= 11 is 0. The van der Waals surface area contributed by atoms with E-state index in [4.69, 9.17) is 4.74 Å². The number of ether oxygens (including phenoxy) is 1. The van der Waals surface area contributed by atoms with Gasteiger partial charge < -0.3 is 10.1 Å². The van der Waals surface area contributed by atoms with Gasteiger partial charge >= 0.3 is 0 Å². The summed E-state index contributed by atoms with van der Waals surface area (Å²) in [6.07, 6.45) is 8.93. The van der Waals surface area contributed by atoms with Crippen LogP contribution in [0.3, 0.4) is 0 Å². The second-order valence-electron chi connectivity index (χ2n) is 7.35. The third kappa shape index (κ3) is 2.48. The van der Waals surface area contributed by atoms with E-state index in [9.17, 15) is 0 Å². The maximum Gasteiger partial charge on any atom is 0.119 e. The Hall–Kier alpha value is -1.02. The normalized spacial score (nSPS) is 37.5. The monoisotopic (exact) mass is 285 g/mol. The zero-order valence-electron chi connectivity index (χ0n) is 13.1. The molecule has 3 fully saturated rings. The highest BCUT2D eigenvalue weighted by Crippen LogP contribution is 2.57. The zero-order chi connectivity index (χ0) is 14.2. The average molecular weight is 285 g/mol. The standard InChI is InChI=1S/C19H27NO/c1-21-15-6-4-5-13(9-15)12-20-19-11-14-10-18(19)17-8-3-2-7-16(14)17/h4-6,9,14,16-20H,2-3,7-8,10-12H2,1H3/t14-,16+,17+,18-,19+/m0/s1. The Morgan fingerprint density at radius 1 is 1.10 bits per heavy atom. The largest absolute Gasteiger partial charge is 0.497 e. The number of hydrogen-bond acceptors (Lipinski definition) is 2. The third-order valence-corrected chi connectivity index (χ3v) is 6.38. The van der Waals surface area contributed by atoms with Gasteiger partial charge in [-0.1, -0.05) is 25.0 Å². The molecule has 0 heterocycles. The summed E-state index contributed by atoms with van der Waals surface area (Å²) in [5.41, 5.74) is 1.34. The number of nitrogens with one attached hydrogen (secondary N) is 1. The van der Waals surface area contributed by atoms with Gasteiger partial charge in [0.15, 0.2) is 0 Å². The fourth-order valence-electron chi connectivity index (χ4n) is 5.50. The Kier molecular flexibility index (Phi) is 3.66. The van der Waals surface area contributed by atoms with Crippen LogP contribution in [-0.4, -0.2) is 13.2 Å². The van der Waals surface area contributed by atoms with E-state index in [-0.39, 0.29) is 0 Å². The summed E-state index contributed by atoms with van der Waals surface area (Å²) in [7, 11) is 1.74. The summed E-state index contributed by atoms with van der Waals surface area (Å²) in [5, 5.41) is 3.86. The lowest BCUT2D eigenvalue weighted by molar-refractivity contribution is 0.129. The molecule has 4 rings (SSSR count). The van der Waals surface area contributed by atoms with Crippen molar-refractivity contribution in [3.63, 3.8) is 0 Å². The molecule has 0 saturated heterocycles. The van der Waals surface area contributed by atoms with Crippen LogP contribution in [0.25, 0.3) is 0 Å². The van der Waals surface area contributed by atoms with Crippen LogP contribution < -0.4 is 10.1 Å². The molecule has 0 aliphatic heterocycles. The molecule has 0 aromatic heterocycles. The molecule has 3 aliphatic rings. The maximum absolute atomic E-state index is 5.32. The number of rotatable bonds is 4. The van der Waals surface area contributed by atoms with Crippen molar-refractivity contribution >= 4 is 0 Å². The molecule has 21 heavy (non-hydrogen) atoms. The SMILES string of the molecule is COc1cccc(CN[C@@H]2C[C@@H]3C[C@H]2[C@@H]2CCCC[C@H]32)c1. The Morgan fingerprint density at radius 3 is 2.81 bits per heavy atom. The van der Waals surface area contributed by atoms with Gasteiger partial charge in [-0.3, -0.25) is 0 Å². The van der Waals surface area contributed by atoms with Crippen LogP contribution in [0.15, 0.2) is 24.3 Å². The molecule has 5 atom stereocenters. The molecule has 114 valence electrons. The molecule has 0 amide bonds. The first kappa shape index (κ1) is 13.6. The van der Waals surface area contributed by atoms with Gasteiger partial charge in [0, 0.05) is 12.6 Å². The van der Waals surface area contributed by atoms with E-state index in [1.807, 2.05) is 6.07 Å². The van der Waals surface area contributed by atoms with Crippen molar-refractivity contribution in [2.45, 2.75) is 51.1 Å². The van der Waals surface area contributed by atoms with Crippen LogP contribution in [0.2, 0.25) is 0 Å². The third-order valence-electron chi connectivity index (χ3n) is 6.38. The summed E-state index contributed by atoms with van der Waals surface area (Å²) in [4.78, 5) is 0. The van der Waals surface area contributed by atoms with E-state index in [0.29, 0.717) is 0 Å². The first-order valence-electron chi connectivity index (χ1n) is 8.71. The molecule has 3 aliphatic carbocycles. The summed E-state index contributed by atoms with van der Waals surface area (Å²) in [5.74, 6) is 5.09. The molecule has 1 N–H and O–H groups in total. The minimum atomic E-state index is 0.764. The van der Waals surface area contributed by atoms with Crippen LogP contribution in [0, 0.1) is 23.7 Å². The van der Waals surface area contributed by atoms with Crippen LogP contribution in [-0.2, 0) is 6.54 Å². The Balaban J connectivity index is 1.38. The van der Waals surface area contributed by atoms with E-state index in [1.54, 1.807) is 7.11 Å². The van der Waals surface area contributed by atoms with Crippen molar-refractivity contribution in [1.82, 2.24) is 5.32 Å². The van der Waals surface area contributed by atoms with E-state index in [0.717, 1.165) is 42.0 Å². The number of benzene rings is 1. The average Bonchev–Trinajstić information content (AvgIpc) is 3.12. The van der Waals surface area contributed by atoms with E-state index in [1.165, 1.54) is 44.1 Å². The van der Waals surface area contributed by atoms with Gasteiger partial charge in [0.25, 0.3) is 0 Å². The van der Waals surface area contributed by atoms with E-state index >= 15 is 0 Å².